The number of aliphatic hydroxyl groups is 2. The summed E-state index contributed by atoms with van der Waals surface area (Å²) in [6, 6.07) is 0. The summed E-state index contributed by atoms with van der Waals surface area (Å²) in [7, 11) is 0. The minimum absolute atomic E-state index is 1.79. The van der Waals surface area contributed by atoms with Crippen molar-refractivity contribution >= 4 is 11.6 Å². The van der Waals surface area contributed by atoms with Crippen LogP contribution >= 0.6 is 11.6 Å². The number of hydrogen-bond acceptors (Lipinski definition) is 2. The highest BCUT2D eigenvalue weighted by Crippen LogP contribution is 1.96. The summed E-state index contributed by atoms with van der Waals surface area (Å²) in [5, 5.41) is 15.4. The fraction of sp³-hybridized carbons (Fsp3) is 1.00. The molecule has 2 N–H and O–H groups in total. The maximum atomic E-state index is 11.0. The van der Waals surface area contributed by atoms with Gasteiger partial charge in [0.1, 0.15) is 0 Å². The summed E-state index contributed by atoms with van der Waals surface area (Å²) in [5.74, 6) is 0. The number of hydrogen-bond donors (Lipinski definition) is 2. The third kappa shape index (κ3) is 2.38. The zero-order chi connectivity index (χ0) is 5.15. The minimum atomic E-state index is -2.33. The van der Waals surface area contributed by atoms with Crippen LogP contribution in [0.5, 0.6) is 0 Å². The highest BCUT2D eigenvalue weighted by atomic mass is 35.5. The van der Waals surface area contributed by atoms with E-state index in [1.54, 1.807) is 0 Å². The Morgan fingerprint density at radius 1 is 1.50 bits per heavy atom. The molecule has 4 heteroatoms. The maximum Gasteiger partial charge on any atom is 0.236 e. The molecule has 0 aromatic carbocycles. The molecule has 6 heavy (non-hydrogen) atoms. The van der Waals surface area contributed by atoms with Crippen molar-refractivity contribution in [1.82, 2.24) is 0 Å². The summed E-state index contributed by atoms with van der Waals surface area (Å²) >= 11 is 4.54. The molecule has 2 nitrogen and oxygen atoms in total. The van der Waals surface area contributed by atoms with Crippen molar-refractivity contribution in [2.24, 2.45) is 0 Å². The summed E-state index contributed by atoms with van der Waals surface area (Å²) in [6.07, 6.45) is -2.33. The molecular weight excluding hydrogens is 110 g/mol. The van der Waals surface area contributed by atoms with Gasteiger partial charge in [-0.15, -0.1) is 0 Å². The van der Waals surface area contributed by atoms with Crippen molar-refractivity contribution in [2.75, 3.05) is 0 Å². The average Bonchev–Trinajstić information content (AvgIpc) is 1.36. The van der Waals surface area contributed by atoms with Gasteiger partial charge in [0.2, 0.25) is 6.36 Å². The molecule has 0 saturated heterocycles. The fourth-order valence-electron chi connectivity index (χ4n) is 0. The first-order chi connectivity index (χ1) is 2.64. The van der Waals surface area contributed by atoms with Gasteiger partial charge in [0, 0.05) is 0 Å². The van der Waals surface area contributed by atoms with E-state index in [1.165, 1.54) is 0 Å². The summed E-state index contributed by atoms with van der Waals surface area (Å²) in [4.78, 5) is 0. The Morgan fingerprint density at radius 2 is 1.67 bits per heavy atom. The van der Waals surface area contributed by atoms with E-state index in [1.807, 2.05) is 0 Å². The van der Waals surface area contributed by atoms with E-state index in [-0.39, 0.29) is 0 Å². The van der Waals surface area contributed by atoms with E-state index in [0.717, 1.165) is 0 Å². The molecule has 38 valence electrons. The first kappa shape index (κ1) is 6.14. The second kappa shape index (κ2) is 2.34. The molecule has 0 radical (unpaired) electrons. The van der Waals surface area contributed by atoms with Crippen molar-refractivity contribution < 1.29 is 14.6 Å². The van der Waals surface area contributed by atoms with E-state index in [0.29, 0.717) is 0 Å². The topological polar surface area (TPSA) is 40.5 Å². The van der Waals surface area contributed by atoms with Crippen LogP contribution < -0.4 is 0 Å². The molecule has 0 fully saturated rings. The van der Waals surface area contributed by atoms with Gasteiger partial charge in [-0.25, -0.2) is 4.39 Å². The van der Waals surface area contributed by atoms with Gasteiger partial charge in [-0.05, 0) is 0 Å². The van der Waals surface area contributed by atoms with Gasteiger partial charge in [-0.2, -0.15) is 0 Å². The molecule has 0 aromatic heterocycles. The lowest BCUT2D eigenvalue weighted by atomic mass is 10.7. The first-order valence-corrected chi connectivity index (χ1v) is 1.72. The van der Waals surface area contributed by atoms with Gasteiger partial charge in [0.25, 0.3) is 0 Å². The number of alkyl halides is 2. The van der Waals surface area contributed by atoms with Gasteiger partial charge in [0.15, 0.2) is 5.56 Å². The standard InChI is InChI=1S/C2H4ClFO2/c3-1(5)2(4)6/h1-2,5-6H. The molecule has 0 spiro atoms. The normalized spacial score (nSPS) is 20.0. The zero-order valence-electron chi connectivity index (χ0n) is 2.81. The smallest absolute Gasteiger partial charge is 0.236 e. The molecule has 0 aliphatic heterocycles. The highest BCUT2D eigenvalue weighted by Gasteiger charge is 2.07. The Bertz CT molecular complexity index is 32.5. The molecule has 0 aliphatic rings. The lowest BCUT2D eigenvalue weighted by Crippen LogP contribution is -2.12. The van der Waals surface area contributed by atoms with Crippen LogP contribution in [0.15, 0.2) is 0 Å². The van der Waals surface area contributed by atoms with Crippen molar-refractivity contribution in [3.63, 3.8) is 0 Å². The number of rotatable bonds is 1. The van der Waals surface area contributed by atoms with Gasteiger partial charge >= 0.3 is 0 Å². The third-order valence-corrected chi connectivity index (χ3v) is 0.435. The van der Waals surface area contributed by atoms with E-state index < -0.39 is 11.9 Å². The van der Waals surface area contributed by atoms with Gasteiger partial charge in [-0.1, -0.05) is 11.6 Å². The van der Waals surface area contributed by atoms with Crippen LogP contribution in [0.3, 0.4) is 0 Å². The van der Waals surface area contributed by atoms with Crippen molar-refractivity contribution in [3.05, 3.63) is 0 Å². The van der Waals surface area contributed by atoms with E-state index in [2.05, 4.69) is 11.6 Å². The summed E-state index contributed by atoms with van der Waals surface area (Å²) < 4.78 is 11.0. The molecule has 0 bridgehead atoms. The first-order valence-electron chi connectivity index (χ1n) is 1.29. The Labute approximate surface area is 39.2 Å². The Hall–Kier alpha value is 0.140. The van der Waals surface area contributed by atoms with Crippen LogP contribution in [0.4, 0.5) is 4.39 Å². The largest absolute Gasteiger partial charge is 0.373 e. The maximum absolute atomic E-state index is 11.0. The second-order valence-corrected chi connectivity index (χ2v) is 1.19. The van der Waals surface area contributed by atoms with E-state index in [9.17, 15) is 4.39 Å². The predicted molar refractivity (Wildman–Crippen MR) is 19.0 cm³/mol. The zero-order valence-corrected chi connectivity index (χ0v) is 3.56. The molecule has 0 amide bonds. The lowest BCUT2D eigenvalue weighted by Gasteiger charge is -1.97. The summed E-state index contributed by atoms with van der Waals surface area (Å²) in [6.45, 7) is 0. The second-order valence-electron chi connectivity index (χ2n) is 0.745. The Balaban J connectivity index is 2.99. The van der Waals surface area contributed by atoms with Crippen molar-refractivity contribution in [2.45, 2.75) is 11.9 Å². The monoisotopic (exact) mass is 114 g/mol. The fourth-order valence-corrected chi connectivity index (χ4v) is 0. The third-order valence-electron chi connectivity index (χ3n) is 0.227. The molecule has 0 aromatic rings. The molecule has 2 atom stereocenters. The Kier molecular flexibility index (Phi) is 2.39. The van der Waals surface area contributed by atoms with Crippen LogP contribution in [0.1, 0.15) is 0 Å². The Morgan fingerprint density at radius 3 is 1.67 bits per heavy atom. The van der Waals surface area contributed by atoms with Crippen LogP contribution in [-0.4, -0.2) is 22.1 Å². The van der Waals surface area contributed by atoms with Crippen LogP contribution in [0.2, 0.25) is 0 Å². The number of aliphatic hydroxyl groups excluding tert-OH is 2. The molecule has 0 aliphatic carbocycles. The molecule has 2 unspecified atom stereocenters. The van der Waals surface area contributed by atoms with Crippen LogP contribution in [0, 0.1) is 0 Å². The average molecular weight is 115 g/mol. The number of halogens is 2. The van der Waals surface area contributed by atoms with Crippen molar-refractivity contribution in [1.29, 1.82) is 0 Å². The van der Waals surface area contributed by atoms with Gasteiger partial charge in [-0.3, -0.25) is 0 Å². The van der Waals surface area contributed by atoms with E-state index >= 15 is 0 Å². The molecule has 0 rings (SSSR count). The van der Waals surface area contributed by atoms with Gasteiger partial charge in [0.05, 0.1) is 0 Å². The summed E-state index contributed by atoms with van der Waals surface area (Å²) in [5.41, 5.74) is -1.79. The molecular formula is C2H4ClFO2. The predicted octanol–water partition coefficient (Wildman–Crippen LogP) is -0.168. The minimum Gasteiger partial charge on any atom is -0.373 e. The van der Waals surface area contributed by atoms with Crippen molar-refractivity contribution in [3.8, 4) is 0 Å². The molecule has 0 saturated carbocycles. The SMILES string of the molecule is OC(F)C(O)Cl. The quantitative estimate of drug-likeness (QED) is 0.465. The molecule has 0 heterocycles. The van der Waals surface area contributed by atoms with E-state index in [4.69, 9.17) is 10.2 Å². The van der Waals surface area contributed by atoms with Crippen LogP contribution in [-0.2, 0) is 0 Å². The lowest BCUT2D eigenvalue weighted by molar-refractivity contribution is -0.0277. The highest BCUT2D eigenvalue weighted by molar-refractivity contribution is 6.19. The van der Waals surface area contributed by atoms with Crippen LogP contribution in [0.25, 0.3) is 0 Å². The van der Waals surface area contributed by atoms with Gasteiger partial charge < -0.3 is 10.2 Å².